The highest BCUT2D eigenvalue weighted by molar-refractivity contribution is 7.90. The van der Waals surface area contributed by atoms with Crippen LogP contribution in [0.3, 0.4) is 0 Å². The van der Waals surface area contributed by atoms with Crippen LogP contribution in [0.25, 0.3) is 0 Å². The van der Waals surface area contributed by atoms with E-state index in [2.05, 4.69) is 0 Å². The van der Waals surface area contributed by atoms with E-state index in [4.69, 9.17) is 4.74 Å². The Morgan fingerprint density at radius 3 is 2.35 bits per heavy atom. The quantitative estimate of drug-likeness (QED) is 0.787. The Hall–Kier alpha value is -0.130. The second-order valence-electron chi connectivity index (χ2n) is 5.08. The maximum Gasteiger partial charge on any atom is 0.147 e. The van der Waals surface area contributed by atoms with Crippen molar-refractivity contribution in [1.29, 1.82) is 0 Å². The first-order chi connectivity index (χ1) is 7.94. The average Bonchev–Trinajstić information content (AvgIpc) is 2.28. The van der Waals surface area contributed by atoms with Crippen molar-refractivity contribution in [3.05, 3.63) is 0 Å². The van der Waals surface area contributed by atoms with E-state index in [1.807, 2.05) is 0 Å². The molecule has 0 aromatic rings. The first-order valence-electron chi connectivity index (χ1n) is 6.32. The molecule has 5 heteroatoms. The second kappa shape index (κ2) is 6.71. The van der Waals surface area contributed by atoms with Gasteiger partial charge in [0.25, 0.3) is 0 Å². The van der Waals surface area contributed by atoms with Crippen LogP contribution in [0.2, 0.25) is 0 Å². The average molecular weight is 264 g/mol. The van der Waals surface area contributed by atoms with Gasteiger partial charge in [0.05, 0.1) is 18.0 Å². The van der Waals surface area contributed by atoms with E-state index in [0.717, 1.165) is 12.8 Å². The molecule has 1 aliphatic carbocycles. The molecule has 1 fully saturated rings. The van der Waals surface area contributed by atoms with Gasteiger partial charge in [0.1, 0.15) is 9.84 Å². The molecule has 102 valence electrons. The zero-order valence-electron chi connectivity index (χ0n) is 10.8. The van der Waals surface area contributed by atoms with Crippen LogP contribution in [-0.2, 0) is 14.6 Å². The van der Waals surface area contributed by atoms with E-state index in [1.165, 1.54) is 25.5 Å². The highest BCUT2D eigenvalue weighted by Gasteiger charge is 2.29. The molecule has 0 amide bonds. The number of ether oxygens (including phenoxy) is 1. The van der Waals surface area contributed by atoms with E-state index in [9.17, 15) is 13.5 Å². The Kier molecular flexibility index (Phi) is 5.89. The zero-order valence-corrected chi connectivity index (χ0v) is 11.6. The summed E-state index contributed by atoms with van der Waals surface area (Å²) >= 11 is 0. The second-order valence-corrected chi connectivity index (χ2v) is 7.34. The van der Waals surface area contributed by atoms with Crippen LogP contribution in [0.5, 0.6) is 0 Å². The molecule has 0 bridgehead atoms. The van der Waals surface area contributed by atoms with Gasteiger partial charge in [-0.2, -0.15) is 0 Å². The van der Waals surface area contributed by atoms with Crippen molar-refractivity contribution in [3.63, 3.8) is 0 Å². The summed E-state index contributed by atoms with van der Waals surface area (Å²) in [6.45, 7) is 0. The van der Waals surface area contributed by atoms with Gasteiger partial charge >= 0.3 is 0 Å². The third-order valence-electron chi connectivity index (χ3n) is 3.55. The van der Waals surface area contributed by atoms with Crippen LogP contribution in [0.4, 0.5) is 0 Å². The van der Waals surface area contributed by atoms with E-state index < -0.39 is 15.9 Å². The molecule has 0 heterocycles. The Morgan fingerprint density at radius 2 is 1.88 bits per heavy atom. The predicted octanol–water partition coefficient (Wildman–Crippen LogP) is 1.38. The van der Waals surface area contributed by atoms with Crippen LogP contribution in [0.15, 0.2) is 0 Å². The first-order valence-corrected chi connectivity index (χ1v) is 8.38. The number of sulfone groups is 1. The van der Waals surface area contributed by atoms with Crippen molar-refractivity contribution >= 4 is 9.84 Å². The lowest BCUT2D eigenvalue weighted by molar-refractivity contribution is -0.0548. The molecule has 0 saturated heterocycles. The molecule has 1 N–H and O–H groups in total. The lowest BCUT2D eigenvalue weighted by Crippen LogP contribution is -2.37. The smallest absolute Gasteiger partial charge is 0.147 e. The summed E-state index contributed by atoms with van der Waals surface area (Å²) < 4.78 is 27.5. The number of aliphatic hydroxyl groups excluding tert-OH is 1. The molecule has 2 unspecified atom stereocenters. The molecule has 1 rings (SSSR count). The van der Waals surface area contributed by atoms with Gasteiger partial charge in [-0.3, -0.25) is 0 Å². The van der Waals surface area contributed by atoms with Crippen molar-refractivity contribution in [2.75, 3.05) is 19.1 Å². The van der Waals surface area contributed by atoms with Gasteiger partial charge in [0.2, 0.25) is 0 Å². The SMILES string of the molecule is COC(C(O)CCS(C)(=O)=O)C1CCCCC1. The molecule has 0 aliphatic heterocycles. The summed E-state index contributed by atoms with van der Waals surface area (Å²) in [5.41, 5.74) is 0. The summed E-state index contributed by atoms with van der Waals surface area (Å²) in [5.74, 6) is 0.407. The lowest BCUT2D eigenvalue weighted by Gasteiger charge is -2.32. The minimum Gasteiger partial charge on any atom is -0.390 e. The summed E-state index contributed by atoms with van der Waals surface area (Å²) in [6.07, 6.45) is 6.37. The third-order valence-corrected chi connectivity index (χ3v) is 4.53. The summed E-state index contributed by atoms with van der Waals surface area (Å²) in [4.78, 5) is 0. The van der Waals surface area contributed by atoms with Gasteiger partial charge < -0.3 is 9.84 Å². The molecular weight excluding hydrogens is 240 g/mol. The van der Waals surface area contributed by atoms with E-state index in [0.29, 0.717) is 5.92 Å². The molecule has 0 aromatic heterocycles. The Morgan fingerprint density at radius 1 is 1.29 bits per heavy atom. The molecular formula is C12H24O4S. The topological polar surface area (TPSA) is 63.6 Å². The minimum atomic E-state index is -3.01. The Bertz CT molecular complexity index is 306. The minimum absolute atomic E-state index is 0.0285. The van der Waals surface area contributed by atoms with Gasteiger partial charge in [-0.05, 0) is 25.2 Å². The molecule has 0 spiro atoms. The maximum atomic E-state index is 11.1. The number of methoxy groups -OCH3 is 1. The number of rotatable bonds is 6. The largest absolute Gasteiger partial charge is 0.390 e. The van der Waals surface area contributed by atoms with Crippen LogP contribution in [-0.4, -0.2) is 44.9 Å². The van der Waals surface area contributed by atoms with Gasteiger partial charge in [-0.1, -0.05) is 19.3 Å². The molecule has 0 radical (unpaired) electrons. The van der Waals surface area contributed by atoms with Crippen LogP contribution < -0.4 is 0 Å². The van der Waals surface area contributed by atoms with Crippen molar-refractivity contribution in [2.24, 2.45) is 5.92 Å². The molecule has 17 heavy (non-hydrogen) atoms. The number of aliphatic hydroxyl groups is 1. The lowest BCUT2D eigenvalue weighted by atomic mass is 9.83. The van der Waals surface area contributed by atoms with Gasteiger partial charge in [-0.25, -0.2) is 8.42 Å². The third kappa shape index (κ3) is 5.36. The van der Waals surface area contributed by atoms with Crippen molar-refractivity contribution < 1.29 is 18.3 Å². The first kappa shape index (κ1) is 14.9. The highest BCUT2D eigenvalue weighted by atomic mass is 32.2. The highest BCUT2D eigenvalue weighted by Crippen LogP contribution is 2.30. The summed E-state index contributed by atoms with van der Waals surface area (Å²) in [6, 6.07) is 0. The molecule has 1 aliphatic rings. The normalized spacial score (nSPS) is 22.3. The number of hydrogen-bond acceptors (Lipinski definition) is 4. The van der Waals surface area contributed by atoms with Crippen LogP contribution in [0, 0.1) is 5.92 Å². The molecule has 0 aromatic carbocycles. The Balaban J connectivity index is 2.47. The van der Waals surface area contributed by atoms with Crippen LogP contribution >= 0.6 is 0 Å². The Labute approximate surface area is 104 Å². The van der Waals surface area contributed by atoms with Crippen LogP contribution in [0.1, 0.15) is 38.5 Å². The monoisotopic (exact) mass is 264 g/mol. The number of hydrogen-bond donors (Lipinski definition) is 1. The standard InChI is InChI=1S/C12H24O4S/c1-16-12(10-6-4-3-5-7-10)11(13)8-9-17(2,14)15/h10-13H,3-9H2,1-2H3. The molecule has 1 saturated carbocycles. The summed E-state index contributed by atoms with van der Waals surface area (Å²) in [7, 11) is -1.41. The van der Waals surface area contributed by atoms with Gasteiger partial charge in [0, 0.05) is 13.4 Å². The summed E-state index contributed by atoms with van der Waals surface area (Å²) in [5, 5.41) is 10.0. The van der Waals surface area contributed by atoms with Gasteiger partial charge in [0.15, 0.2) is 0 Å². The fourth-order valence-electron chi connectivity index (χ4n) is 2.63. The van der Waals surface area contributed by atoms with Crippen molar-refractivity contribution in [3.8, 4) is 0 Å². The predicted molar refractivity (Wildman–Crippen MR) is 67.7 cm³/mol. The molecule has 4 nitrogen and oxygen atoms in total. The maximum absolute atomic E-state index is 11.1. The van der Waals surface area contributed by atoms with Crippen molar-refractivity contribution in [2.45, 2.75) is 50.7 Å². The fourth-order valence-corrected chi connectivity index (χ4v) is 3.30. The van der Waals surface area contributed by atoms with E-state index >= 15 is 0 Å². The molecule has 2 atom stereocenters. The van der Waals surface area contributed by atoms with E-state index in [1.54, 1.807) is 7.11 Å². The zero-order chi connectivity index (χ0) is 12.9. The fraction of sp³-hybridized carbons (Fsp3) is 1.00. The van der Waals surface area contributed by atoms with Gasteiger partial charge in [-0.15, -0.1) is 0 Å². The van der Waals surface area contributed by atoms with E-state index in [-0.39, 0.29) is 18.3 Å². The van der Waals surface area contributed by atoms with Crippen molar-refractivity contribution in [1.82, 2.24) is 0 Å².